The highest BCUT2D eigenvalue weighted by Crippen LogP contribution is 2.35. The molecule has 0 saturated carbocycles. The molecule has 0 bridgehead atoms. The van der Waals surface area contributed by atoms with Crippen LogP contribution in [0.25, 0.3) is 22.0 Å². The molecular formula is C34H41N5. The minimum absolute atomic E-state index is 0.335. The third-order valence-corrected chi connectivity index (χ3v) is 7.93. The van der Waals surface area contributed by atoms with E-state index >= 15 is 0 Å². The molecule has 5 heteroatoms. The van der Waals surface area contributed by atoms with Crippen molar-refractivity contribution in [3.63, 3.8) is 0 Å². The van der Waals surface area contributed by atoms with Gasteiger partial charge >= 0.3 is 0 Å². The highest BCUT2D eigenvalue weighted by atomic mass is 15.2. The smallest absolute Gasteiger partial charge is 0.134 e. The molecule has 1 aliphatic heterocycles. The number of benzene rings is 2. The van der Waals surface area contributed by atoms with Crippen molar-refractivity contribution in [1.82, 2.24) is 9.97 Å². The quantitative estimate of drug-likeness (QED) is 0.240. The summed E-state index contributed by atoms with van der Waals surface area (Å²) in [6, 6.07) is 23.8. The number of fused-ring (bicyclic) bond motifs is 1. The van der Waals surface area contributed by atoms with Crippen LogP contribution in [0.4, 0.5) is 17.3 Å². The third kappa shape index (κ3) is 5.93. The molecule has 1 saturated heterocycles. The van der Waals surface area contributed by atoms with E-state index in [1.54, 1.807) is 0 Å². The summed E-state index contributed by atoms with van der Waals surface area (Å²) in [6.45, 7) is 14.2. The maximum Gasteiger partial charge on any atom is 0.134 e. The molecule has 3 heterocycles. The molecular weight excluding hydrogens is 478 g/mol. The summed E-state index contributed by atoms with van der Waals surface area (Å²) in [7, 11) is 4.05. The van der Waals surface area contributed by atoms with Gasteiger partial charge in [0.15, 0.2) is 0 Å². The van der Waals surface area contributed by atoms with Crippen LogP contribution in [0.2, 0.25) is 0 Å². The molecule has 0 unspecified atom stereocenters. The van der Waals surface area contributed by atoms with Gasteiger partial charge in [-0.3, -0.25) is 0 Å². The topological polar surface area (TPSA) is 35.5 Å². The number of hydrogen-bond donors (Lipinski definition) is 0. The summed E-state index contributed by atoms with van der Waals surface area (Å²) in [5.74, 6) is 2.89. The SMILES string of the molecule is C=C(C(C)C)N(CC1CCN(c2ccc(N(C)C)nc2)CC1)c1cc(-c2cccc(C)c2)c2ccccc2n1. The first-order valence-corrected chi connectivity index (χ1v) is 14.1. The van der Waals surface area contributed by atoms with Crippen molar-refractivity contribution in [3.05, 3.63) is 90.8 Å². The lowest BCUT2D eigenvalue weighted by Crippen LogP contribution is -2.39. The van der Waals surface area contributed by atoms with E-state index in [0.29, 0.717) is 11.8 Å². The number of aromatic nitrogens is 2. The normalized spacial score (nSPS) is 14.2. The molecule has 4 aromatic rings. The molecule has 39 heavy (non-hydrogen) atoms. The van der Waals surface area contributed by atoms with Gasteiger partial charge < -0.3 is 14.7 Å². The van der Waals surface area contributed by atoms with Crippen molar-refractivity contribution < 1.29 is 0 Å². The Labute approximate surface area is 233 Å². The Bertz CT molecular complexity index is 1430. The fraction of sp³-hybridized carbons (Fsp3) is 0.353. The van der Waals surface area contributed by atoms with Gasteiger partial charge in [-0.15, -0.1) is 0 Å². The highest BCUT2D eigenvalue weighted by molar-refractivity contribution is 5.96. The van der Waals surface area contributed by atoms with Crippen LogP contribution >= 0.6 is 0 Å². The first kappa shape index (κ1) is 26.7. The largest absolute Gasteiger partial charge is 0.370 e. The Morgan fingerprint density at radius 2 is 1.74 bits per heavy atom. The fourth-order valence-electron chi connectivity index (χ4n) is 5.48. The lowest BCUT2D eigenvalue weighted by atomic mass is 9.94. The Hall–Kier alpha value is -3.86. The maximum absolute atomic E-state index is 5.18. The van der Waals surface area contributed by atoms with Gasteiger partial charge in [0, 0.05) is 44.8 Å². The lowest BCUT2D eigenvalue weighted by molar-refractivity contribution is 0.405. The summed E-state index contributed by atoms with van der Waals surface area (Å²) in [5.41, 5.74) is 7.07. The minimum atomic E-state index is 0.335. The van der Waals surface area contributed by atoms with Gasteiger partial charge in [-0.2, -0.15) is 0 Å². The molecule has 0 amide bonds. The van der Waals surface area contributed by atoms with Crippen molar-refractivity contribution >= 4 is 28.2 Å². The number of allylic oxidation sites excluding steroid dienone is 1. The molecule has 0 radical (unpaired) electrons. The maximum atomic E-state index is 5.18. The van der Waals surface area contributed by atoms with E-state index in [2.05, 4.69) is 109 Å². The number of pyridine rings is 2. The molecule has 0 aliphatic carbocycles. The van der Waals surface area contributed by atoms with Crippen LogP contribution in [-0.4, -0.2) is 43.7 Å². The van der Waals surface area contributed by atoms with Crippen LogP contribution < -0.4 is 14.7 Å². The van der Waals surface area contributed by atoms with E-state index in [9.17, 15) is 0 Å². The molecule has 0 N–H and O–H groups in total. The zero-order valence-electron chi connectivity index (χ0n) is 24.1. The number of piperidine rings is 1. The first-order chi connectivity index (χ1) is 18.8. The van der Waals surface area contributed by atoms with E-state index in [1.165, 1.54) is 27.8 Å². The number of anilines is 3. The van der Waals surface area contributed by atoms with Gasteiger partial charge in [-0.05, 0) is 67.0 Å². The number of aryl methyl sites for hydroxylation is 1. The second kappa shape index (κ2) is 11.5. The zero-order valence-corrected chi connectivity index (χ0v) is 24.1. The summed E-state index contributed by atoms with van der Waals surface area (Å²) in [4.78, 5) is 16.7. The molecule has 2 aromatic heterocycles. The minimum Gasteiger partial charge on any atom is -0.370 e. The molecule has 0 spiro atoms. The van der Waals surface area contributed by atoms with E-state index in [0.717, 1.165) is 55.3 Å². The lowest BCUT2D eigenvalue weighted by Gasteiger charge is -2.37. The van der Waals surface area contributed by atoms with E-state index in [1.807, 2.05) is 25.2 Å². The molecule has 1 fully saturated rings. The Balaban J connectivity index is 1.41. The van der Waals surface area contributed by atoms with E-state index in [4.69, 9.17) is 4.98 Å². The van der Waals surface area contributed by atoms with Gasteiger partial charge in [-0.1, -0.05) is 68.5 Å². The fourth-order valence-corrected chi connectivity index (χ4v) is 5.48. The second-order valence-corrected chi connectivity index (χ2v) is 11.4. The number of nitrogens with zero attached hydrogens (tertiary/aromatic N) is 5. The summed E-state index contributed by atoms with van der Waals surface area (Å²) >= 11 is 0. The number of rotatable bonds is 8. The standard InChI is InChI=1S/C34H41N5/c1-24(2)26(4)39(23-27-16-18-38(19-17-27)29-14-15-33(35-22-29)37(5)6)34-21-31(28-11-9-10-25(3)20-28)30-12-7-8-13-32(30)36-34/h7-15,20-22,24,27H,4,16-19,23H2,1-3,5-6H3. The van der Waals surface area contributed by atoms with Crippen molar-refractivity contribution in [2.24, 2.45) is 11.8 Å². The molecule has 1 aliphatic rings. The Kier molecular flexibility index (Phi) is 7.87. The van der Waals surface area contributed by atoms with Crippen molar-refractivity contribution in [3.8, 4) is 11.1 Å². The van der Waals surface area contributed by atoms with Gasteiger partial charge in [0.05, 0.1) is 17.4 Å². The molecule has 202 valence electrons. The highest BCUT2D eigenvalue weighted by Gasteiger charge is 2.25. The average molecular weight is 520 g/mol. The first-order valence-electron chi connectivity index (χ1n) is 14.1. The van der Waals surface area contributed by atoms with Crippen molar-refractivity contribution in [1.29, 1.82) is 0 Å². The monoisotopic (exact) mass is 519 g/mol. The second-order valence-electron chi connectivity index (χ2n) is 11.4. The summed E-state index contributed by atoms with van der Waals surface area (Å²) in [6.07, 6.45) is 4.28. The van der Waals surface area contributed by atoms with Crippen molar-refractivity contribution in [2.45, 2.75) is 33.6 Å². The molecule has 2 aromatic carbocycles. The predicted molar refractivity (Wildman–Crippen MR) is 167 cm³/mol. The summed E-state index contributed by atoms with van der Waals surface area (Å²) < 4.78 is 0. The van der Waals surface area contributed by atoms with E-state index < -0.39 is 0 Å². The van der Waals surface area contributed by atoms with Gasteiger partial charge in [0.2, 0.25) is 0 Å². The predicted octanol–water partition coefficient (Wildman–Crippen LogP) is 7.56. The van der Waals surface area contributed by atoms with Crippen LogP contribution in [-0.2, 0) is 0 Å². The Morgan fingerprint density at radius 1 is 0.974 bits per heavy atom. The van der Waals surface area contributed by atoms with Crippen LogP contribution in [0.15, 0.2) is 85.2 Å². The number of hydrogen-bond acceptors (Lipinski definition) is 5. The van der Waals surface area contributed by atoms with Gasteiger partial charge in [-0.25, -0.2) is 9.97 Å². The van der Waals surface area contributed by atoms with Crippen LogP contribution in [0.1, 0.15) is 32.3 Å². The molecule has 5 rings (SSSR count). The summed E-state index contributed by atoms with van der Waals surface area (Å²) in [5, 5.41) is 1.18. The van der Waals surface area contributed by atoms with Gasteiger partial charge in [0.1, 0.15) is 11.6 Å². The van der Waals surface area contributed by atoms with Crippen LogP contribution in [0, 0.1) is 18.8 Å². The molecule has 5 nitrogen and oxygen atoms in total. The zero-order chi connectivity index (χ0) is 27.5. The third-order valence-electron chi connectivity index (χ3n) is 7.93. The Morgan fingerprint density at radius 3 is 2.41 bits per heavy atom. The average Bonchev–Trinajstić information content (AvgIpc) is 2.95. The van der Waals surface area contributed by atoms with Crippen molar-refractivity contribution in [2.75, 3.05) is 48.4 Å². The van der Waals surface area contributed by atoms with Gasteiger partial charge in [0.25, 0.3) is 0 Å². The molecule has 0 atom stereocenters. The van der Waals surface area contributed by atoms with Crippen LogP contribution in [0.3, 0.4) is 0 Å². The van der Waals surface area contributed by atoms with E-state index in [-0.39, 0.29) is 0 Å². The van der Waals surface area contributed by atoms with Crippen LogP contribution in [0.5, 0.6) is 0 Å². The number of para-hydroxylation sites is 1.